The minimum Gasteiger partial charge on any atom is -0.493 e. The Balaban J connectivity index is 1.90. The van der Waals surface area contributed by atoms with E-state index in [2.05, 4.69) is 4.72 Å². The van der Waals surface area contributed by atoms with Gasteiger partial charge in [-0.25, -0.2) is 13.1 Å². The Hall–Kier alpha value is -4.35. The topological polar surface area (TPSA) is 115 Å². The van der Waals surface area contributed by atoms with Crippen LogP contribution in [0, 0.1) is 6.92 Å². The van der Waals surface area contributed by atoms with E-state index in [-0.39, 0.29) is 11.4 Å². The second-order valence-corrected chi connectivity index (χ2v) is 10.7. The molecule has 0 aliphatic heterocycles. The van der Waals surface area contributed by atoms with Gasteiger partial charge >= 0.3 is 0 Å². The normalized spacial score (nSPS) is 11.2. The first-order chi connectivity index (χ1) is 19.7. The first kappa shape index (κ1) is 29.6. The minimum atomic E-state index is -3.83. The average Bonchev–Trinajstić information content (AvgIpc) is 3.42. The summed E-state index contributed by atoms with van der Waals surface area (Å²) in [4.78, 5) is 0.147. The van der Waals surface area contributed by atoms with Crippen molar-refractivity contribution in [1.82, 2.24) is 4.72 Å². The Morgan fingerprint density at radius 2 is 1.15 bits per heavy atom. The number of hydrogen-bond donors (Lipinski definition) is 1. The van der Waals surface area contributed by atoms with Gasteiger partial charge in [-0.1, -0.05) is 17.7 Å². The molecule has 11 heteroatoms. The summed E-state index contributed by atoms with van der Waals surface area (Å²) in [6, 6.07) is 13.7. The molecule has 10 nitrogen and oxygen atoms in total. The number of nitrogens with one attached hydrogen (secondary N) is 1. The molecule has 4 rings (SSSR count). The Morgan fingerprint density at radius 3 is 1.59 bits per heavy atom. The summed E-state index contributed by atoms with van der Waals surface area (Å²) in [5.41, 5.74) is 3.52. The van der Waals surface area contributed by atoms with Crippen molar-refractivity contribution in [3.63, 3.8) is 0 Å². The molecule has 1 aromatic heterocycles. The van der Waals surface area contributed by atoms with Crippen LogP contribution in [0.2, 0.25) is 0 Å². The van der Waals surface area contributed by atoms with Gasteiger partial charge in [0.1, 0.15) is 5.76 Å². The largest absolute Gasteiger partial charge is 0.493 e. The molecule has 4 aromatic rings. The summed E-state index contributed by atoms with van der Waals surface area (Å²) in [5, 5.41) is 0. The maximum atomic E-state index is 13.1. The zero-order chi connectivity index (χ0) is 29.7. The van der Waals surface area contributed by atoms with E-state index in [0.29, 0.717) is 62.5 Å². The van der Waals surface area contributed by atoms with E-state index < -0.39 is 10.0 Å². The smallest absolute Gasteiger partial charge is 0.240 e. The molecule has 0 bridgehead atoms. The molecule has 0 saturated heterocycles. The molecule has 0 aliphatic rings. The van der Waals surface area contributed by atoms with E-state index in [4.69, 9.17) is 32.8 Å². The molecule has 0 saturated carbocycles. The van der Waals surface area contributed by atoms with Crippen molar-refractivity contribution in [1.29, 1.82) is 0 Å². The molecular weight excluding hydrogens is 550 g/mol. The fraction of sp³-hybridized carbons (Fsp3) is 0.267. The summed E-state index contributed by atoms with van der Waals surface area (Å²) in [6.45, 7) is 1.76. The molecule has 0 atom stereocenters. The molecule has 1 N–H and O–H groups in total. The van der Waals surface area contributed by atoms with Gasteiger partial charge < -0.3 is 32.8 Å². The second-order valence-electron chi connectivity index (χ2n) is 8.91. The van der Waals surface area contributed by atoms with Crippen LogP contribution in [0.5, 0.6) is 34.5 Å². The van der Waals surface area contributed by atoms with E-state index in [0.717, 1.165) is 5.56 Å². The van der Waals surface area contributed by atoms with Crippen molar-refractivity contribution in [3.8, 4) is 56.8 Å². The van der Waals surface area contributed by atoms with Gasteiger partial charge in [0.15, 0.2) is 23.0 Å². The Bertz CT molecular complexity index is 1580. The SMILES string of the molecule is COc1cc(-c2coc(CNS(=O)(=O)c3ccc(C)cc3)c2-c2cc(OC)c(OC)c(OC)c2)cc(OC)c1OC. The van der Waals surface area contributed by atoms with Gasteiger partial charge in [0.2, 0.25) is 21.5 Å². The van der Waals surface area contributed by atoms with Crippen LogP contribution in [0.4, 0.5) is 0 Å². The highest BCUT2D eigenvalue weighted by molar-refractivity contribution is 7.89. The molecule has 0 spiro atoms. The van der Waals surface area contributed by atoms with Crippen molar-refractivity contribution in [2.24, 2.45) is 0 Å². The van der Waals surface area contributed by atoms with Crippen LogP contribution in [-0.2, 0) is 16.6 Å². The molecule has 0 unspecified atom stereocenters. The summed E-state index contributed by atoms with van der Waals surface area (Å²) in [5.74, 6) is 2.94. The van der Waals surface area contributed by atoms with E-state index >= 15 is 0 Å². The maximum Gasteiger partial charge on any atom is 0.240 e. The Morgan fingerprint density at radius 1 is 0.683 bits per heavy atom. The molecule has 3 aromatic carbocycles. The molecule has 41 heavy (non-hydrogen) atoms. The molecule has 0 fully saturated rings. The number of aryl methyl sites for hydroxylation is 1. The summed E-state index contributed by atoms with van der Waals surface area (Å²) < 4.78 is 68.2. The summed E-state index contributed by atoms with van der Waals surface area (Å²) in [7, 11) is 5.31. The first-order valence-corrected chi connectivity index (χ1v) is 14.0. The lowest BCUT2D eigenvalue weighted by atomic mass is 9.95. The van der Waals surface area contributed by atoms with Crippen LogP contribution in [0.1, 0.15) is 11.3 Å². The zero-order valence-corrected chi connectivity index (χ0v) is 24.8. The minimum absolute atomic E-state index is 0.132. The monoisotopic (exact) mass is 583 g/mol. The number of methoxy groups -OCH3 is 6. The van der Waals surface area contributed by atoms with Crippen molar-refractivity contribution in [3.05, 3.63) is 66.1 Å². The molecule has 0 aliphatic carbocycles. The zero-order valence-electron chi connectivity index (χ0n) is 24.0. The predicted molar refractivity (Wildman–Crippen MR) is 154 cm³/mol. The van der Waals surface area contributed by atoms with Gasteiger partial charge in [-0.2, -0.15) is 0 Å². The van der Waals surface area contributed by atoms with Gasteiger partial charge in [0, 0.05) is 11.1 Å². The third kappa shape index (κ3) is 5.91. The molecular formula is C30H33NO9S. The molecule has 0 radical (unpaired) electrons. The predicted octanol–water partition coefficient (Wildman–Crippen LogP) is 5.45. The number of sulfonamides is 1. The Labute approximate surface area is 239 Å². The van der Waals surface area contributed by atoms with Crippen molar-refractivity contribution >= 4 is 10.0 Å². The molecule has 0 amide bonds. The lowest BCUT2D eigenvalue weighted by Crippen LogP contribution is -2.23. The lowest BCUT2D eigenvalue weighted by molar-refractivity contribution is 0.324. The highest BCUT2D eigenvalue weighted by Crippen LogP contribution is 2.47. The third-order valence-electron chi connectivity index (χ3n) is 6.55. The van der Waals surface area contributed by atoms with E-state index in [9.17, 15) is 8.42 Å². The van der Waals surface area contributed by atoms with E-state index in [1.807, 2.05) is 6.92 Å². The van der Waals surface area contributed by atoms with Crippen LogP contribution >= 0.6 is 0 Å². The molecule has 1 heterocycles. The molecule has 218 valence electrons. The van der Waals surface area contributed by atoms with Gasteiger partial charge in [-0.3, -0.25) is 0 Å². The van der Waals surface area contributed by atoms with Gasteiger partial charge in [0.25, 0.3) is 0 Å². The van der Waals surface area contributed by atoms with Crippen LogP contribution < -0.4 is 33.1 Å². The number of rotatable bonds is 12. The van der Waals surface area contributed by atoms with Crippen LogP contribution in [0.15, 0.2) is 64.1 Å². The van der Waals surface area contributed by atoms with E-state index in [1.54, 1.807) is 54.8 Å². The highest BCUT2D eigenvalue weighted by Gasteiger charge is 2.25. The quantitative estimate of drug-likeness (QED) is 0.232. The first-order valence-electron chi connectivity index (χ1n) is 12.5. The standard InChI is InChI=1S/C30H33NO9S/c1-18-8-10-21(11-9-18)41(32,33)31-16-27-28(20-14-25(36-4)30(39-7)26(15-20)37-5)22(17-40-27)19-12-23(34-2)29(38-6)24(13-19)35-3/h8-15,17,31H,16H2,1-7H3. The van der Waals surface area contributed by atoms with Crippen LogP contribution in [0.25, 0.3) is 22.3 Å². The van der Waals surface area contributed by atoms with E-state index in [1.165, 1.54) is 42.7 Å². The van der Waals surface area contributed by atoms with Crippen molar-refractivity contribution in [2.75, 3.05) is 42.7 Å². The van der Waals surface area contributed by atoms with Crippen LogP contribution in [-0.4, -0.2) is 51.1 Å². The summed E-state index contributed by atoms with van der Waals surface area (Å²) in [6.07, 6.45) is 1.55. The summed E-state index contributed by atoms with van der Waals surface area (Å²) >= 11 is 0. The fourth-order valence-corrected chi connectivity index (χ4v) is 5.46. The number of ether oxygens (including phenoxy) is 6. The third-order valence-corrected chi connectivity index (χ3v) is 7.97. The van der Waals surface area contributed by atoms with Crippen molar-refractivity contribution < 1.29 is 41.3 Å². The van der Waals surface area contributed by atoms with Gasteiger partial charge in [0.05, 0.1) is 60.4 Å². The number of hydrogen-bond acceptors (Lipinski definition) is 9. The van der Waals surface area contributed by atoms with Crippen LogP contribution in [0.3, 0.4) is 0 Å². The average molecular weight is 584 g/mol. The number of benzene rings is 3. The van der Waals surface area contributed by atoms with Gasteiger partial charge in [-0.15, -0.1) is 0 Å². The number of furan rings is 1. The fourth-order valence-electron chi connectivity index (χ4n) is 4.48. The maximum absolute atomic E-state index is 13.1. The Kier molecular flexibility index (Phi) is 8.99. The lowest BCUT2D eigenvalue weighted by Gasteiger charge is -2.17. The highest BCUT2D eigenvalue weighted by atomic mass is 32.2. The van der Waals surface area contributed by atoms with Crippen molar-refractivity contribution in [2.45, 2.75) is 18.4 Å². The second kappa shape index (κ2) is 12.4. The van der Waals surface area contributed by atoms with Gasteiger partial charge in [-0.05, 0) is 54.4 Å².